The quantitative estimate of drug-likeness (QED) is 0.351. The van der Waals surface area contributed by atoms with Crippen LogP contribution in [0.3, 0.4) is 0 Å². The number of hydrogen-bond acceptors (Lipinski definition) is 8. The molecule has 3 heterocycles. The van der Waals surface area contributed by atoms with Crippen LogP contribution in [-0.4, -0.2) is 24.5 Å². The number of benzene rings is 2. The second-order valence-corrected chi connectivity index (χ2v) is 8.73. The van der Waals surface area contributed by atoms with Crippen molar-refractivity contribution in [3.63, 3.8) is 0 Å². The number of nitrogens with two attached hydrogens (primary N) is 1. The Morgan fingerprint density at radius 1 is 1.03 bits per heavy atom. The monoisotopic (exact) mass is 481 g/mol. The van der Waals surface area contributed by atoms with Gasteiger partial charge in [-0.2, -0.15) is 0 Å². The van der Waals surface area contributed by atoms with E-state index in [9.17, 15) is 4.79 Å². The highest BCUT2D eigenvalue weighted by molar-refractivity contribution is 5.82. The second-order valence-electron chi connectivity index (χ2n) is 8.73. The maximum absolute atomic E-state index is 14.0. The minimum absolute atomic E-state index is 0.117. The Morgan fingerprint density at radius 2 is 1.81 bits per heavy atom. The summed E-state index contributed by atoms with van der Waals surface area (Å²) in [5.41, 5.74) is 9.83. The Kier molecular flexibility index (Phi) is 5.97. The maximum atomic E-state index is 14.0. The van der Waals surface area contributed by atoms with Crippen molar-refractivity contribution >= 4 is 22.5 Å². The molecule has 0 spiro atoms. The van der Waals surface area contributed by atoms with E-state index in [2.05, 4.69) is 20.3 Å². The Morgan fingerprint density at radius 3 is 2.53 bits per heavy atom. The molecule has 9 nitrogen and oxygen atoms in total. The summed E-state index contributed by atoms with van der Waals surface area (Å²) >= 11 is 0. The first kappa shape index (κ1) is 23.2. The van der Waals surface area contributed by atoms with E-state index in [1.165, 1.54) is 6.33 Å². The van der Waals surface area contributed by atoms with Gasteiger partial charge in [0.25, 0.3) is 5.56 Å². The molecule has 1 atom stereocenters. The van der Waals surface area contributed by atoms with Gasteiger partial charge < -0.3 is 15.5 Å². The number of rotatable bonds is 6. The molecular weight excluding hydrogens is 454 g/mol. The molecular formula is C27H27N7O2. The van der Waals surface area contributed by atoms with Gasteiger partial charge in [0.1, 0.15) is 35.1 Å². The Balaban J connectivity index is 1.73. The van der Waals surface area contributed by atoms with Gasteiger partial charge in [-0.15, -0.1) is 0 Å². The molecule has 0 aliphatic heterocycles. The number of nitrogens with one attached hydrogen (secondary N) is 1. The lowest BCUT2D eigenvalue weighted by molar-refractivity contribution is 0.542. The van der Waals surface area contributed by atoms with E-state index in [1.54, 1.807) is 17.7 Å². The van der Waals surface area contributed by atoms with Crippen molar-refractivity contribution in [3.05, 3.63) is 88.1 Å². The minimum Gasteiger partial charge on any atom is -0.441 e. The average molecular weight is 482 g/mol. The molecule has 36 heavy (non-hydrogen) atoms. The zero-order valence-corrected chi connectivity index (χ0v) is 20.6. The van der Waals surface area contributed by atoms with Gasteiger partial charge in [0.15, 0.2) is 0 Å². The van der Waals surface area contributed by atoms with Crippen molar-refractivity contribution in [1.29, 1.82) is 0 Å². The first-order chi connectivity index (χ1) is 17.4. The van der Waals surface area contributed by atoms with Crippen LogP contribution < -0.4 is 16.6 Å². The molecule has 0 saturated carbocycles. The fourth-order valence-electron chi connectivity index (χ4n) is 4.40. The van der Waals surface area contributed by atoms with Gasteiger partial charge in [0, 0.05) is 0 Å². The van der Waals surface area contributed by atoms with Crippen molar-refractivity contribution in [2.24, 2.45) is 0 Å². The van der Waals surface area contributed by atoms with E-state index < -0.39 is 0 Å². The number of aromatic nitrogens is 5. The number of hydrogen-bond donors (Lipinski definition) is 2. The molecule has 0 aliphatic rings. The summed E-state index contributed by atoms with van der Waals surface area (Å²) in [6, 6.07) is 13.1. The minimum atomic E-state index is -0.383. The fourth-order valence-corrected chi connectivity index (χ4v) is 4.40. The van der Waals surface area contributed by atoms with Gasteiger partial charge in [-0.3, -0.25) is 9.36 Å². The van der Waals surface area contributed by atoms with Crippen molar-refractivity contribution in [3.8, 4) is 17.1 Å². The van der Waals surface area contributed by atoms with Gasteiger partial charge in [-0.05, 0) is 50.5 Å². The third-order valence-electron chi connectivity index (χ3n) is 6.23. The lowest BCUT2D eigenvalue weighted by atomic mass is 10.1. The molecule has 0 saturated heterocycles. The molecule has 9 heteroatoms. The highest BCUT2D eigenvalue weighted by Gasteiger charge is 2.25. The highest BCUT2D eigenvalue weighted by Crippen LogP contribution is 2.33. The normalized spacial score (nSPS) is 12.1. The number of nitrogen functional groups attached to an aromatic ring is 1. The number of para-hydroxylation sites is 1. The number of nitrogens with zero attached hydrogens (tertiary/aromatic N) is 5. The van der Waals surface area contributed by atoms with E-state index in [0.29, 0.717) is 46.2 Å². The van der Waals surface area contributed by atoms with Crippen LogP contribution in [0.25, 0.3) is 28.0 Å². The van der Waals surface area contributed by atoms with E-state index in [-0.39, 0.29) is 17.4 Å². The van der Waals surface area contributed by atoms with Gasteiger partial charge >= 0.3 is 0 Å². The zero-order valence-electron chi connectivity index (χ0n) is 20.6. The Hall–Kier alpha value is -4.53. The largest absolute Gasteiger partial charge is 0.441 e. The summed E-state index contributed by atoms with van der Waals surface area (Å²) in [6.07, 6.45) is 3.62. The van der Waals surface area contributed by atoms with Crippen LogP contribution >= 0.6 is 0 Å². The molecule has 5 aromatic rings. The van der Waals surface area contributed by atoms with E-state index in [0.717, 1.165) is 16.8 Å². The smallest absolute Gasteiger partial charge is 0.266 e. The van der Waals surface area contributed by atoms with Crippen molar-refractivity contribution in [1.82, 2.24) is 24.5 Å². The van der Waals surface area contributed by atoms with Crippen LogP contribution in [0.5, 0.6) is 0 Å². The summed E-state index contributed by atoms with van der Waals surface area (Å²) in [5.74, 6) is 2.22. The van der Waals surface area contributed by atoms with E-state index >= 15 is 0 Å². The van der Waals surface area contributed by atoms with Crippen LogP contribution in [0.1, 0.15) is 42.1 Å². The molecule has 5 rings (SSSR count). The predicted octanol–water partition coefficient (Wildman–Crippen LogP) is 4.90. The summed E-state index contributed by atoms with van der Waals surface area (Å²) in [5, 5.41) is 4.04. The summed E-state index contributed by atoms with van der Waals surface area (Å²) in [4.78, 5) is 31.8. The van der Waals surface area contributed by atoms with Crippen LogP contribution in [-0.2, 0) is 0 Å². The molecule has 0 amide bonds. The average Bonchev–Trinajstić information content (AvgIpc) is 3.28. The lowest BCUT2D eigenvalue weighted by Crippen LogP contribution is -2.29. The third kappa shape index (κ3) is 3.98. The van der Waals surface area contributed by atoms with E-state index in [4.69, 9.17) is 15.1 Å². The molecule has 2 aromatic carbocycles. The summed E-state index contributed by atoms with van der Waals surface area (Å²) in [7, 11) is 0. The number of fused-ring (bicyclic) bond motifs is 1. The first-order valence-electron chi connectivity index (χ1n) is 11.8. The first-order valence-corrected chi connectivity index (χ1v) is 11.8. The number of anilines is 2. The van der Waals surface area contributed by atoms with Crippen molar-refractivity contribution in [2.75, 3.05) is 11.1 Å². The van der Waals surface area contributed by atoms with Gasteiger partial charge in [-0.1, -0.05) is 37.3 Å². The molecule has 0 unspecified atom stereocenters. The standard InChI is InChI=1S/C27H27N7O2/c1-5-18(32-24-22(23(28)30-14-31-24)26-29-13-17(4)36-26)25-33-19-11-8-10-16(3)21(19)27(35)34(25)20-12-7-6-9-15(20)2/h6-14,18H,5H2,1-4H3,(H3,28,30,31,32)/t18-/m0/s1. The van der Waals surface area contributed by atoms with Crippen LogP contribution in [0.15, 0.2) is 64.2 Å². The second kappa shape index (κ2) is 9.26. The van der Waals surface area contributed by atoms with Crippen LogP contribution in [0.4, 0.5) is 11.6 Å². The van der Waals surface area contributed by atoms with Crippen LogP contribution in [0.2, 0.25) is 0 Å². The molecule has 0 radical (unpaired) electrons. The summed E-state index contributed by atoms with van der Waals surface area (Å²) < 4.78 is 7.43. The van der Waals surface area contributed by atoms with Crippen LogP contribution in [0, 0.1) is 20.8 Å². The SMILES string of the molecule is CC[C@H](Nc1ncnc(N)c1-c1ncc(C)o1)c1nc2cccc(C)c2c(=O)n1-c1ccccc1C. The molecule has 0 bridgehead atoms. The molecule has 3 aromatic heterocycles. The third-order valence-corrected chi connectivity index (χ3v) is 6.23. The number of oxazole rings is 1. The summed E-state index contributed by atoms with van der Waals surface area (Å²) in [6.45, 7) is 7.74. The molecule has 3 N–H and O–H groups in total. The van der Waals surface area contributed by atoms with Gasteiger partial charge in [0.05, 0.1) is 28.8 Å². The van der Waals surface area contributed by atoms with Gasteiger partial charge in [-0.25, -0.2) is 19.9 Å². The maximum Gasteiger partial charge on any atom is 0.266 e. The van der Waals surface area contributed by atoms with Crippen molar-refractivity contribution < 1.29 is 4.42 Å². The highest BCUT2D eigenvalue weighted by atomic mass is 16.4. The fraction of sp³-hybridized carbons (Fsp3) is 0.222. The molecule has 182 valence electrons. The molecule has 0 fully saturated rings. The van der Waals surface area contributed by atoms with E-state index in [1.807, 2.05) is 63.2 Å². The number of aryl methyl sites for hydroxylation is 3. The van der Waals surface area contributed by atoms with Gasteiger partial charge in [0.2, 0.25) is 5.89 Å². The lowest BCUT2D eigenvalue weighted by Gasteiger charge is -2.24. The molecule has 0 aliphatic carbocycles. The van der Waals surface area contributed by atoms with Crippen molar-refractivity contribution in [2.45, 2.75) is 40.2 Å². The Labute approximate surface area is 208 Å². The Bertz CT molecular complexity index is 1640. The zero-order chi connectivity index (χ0) is 25.4. The topological polar surface area (TPSA) is 125 Å². The predicted molar refractivity (Wildman–Crippen MR) is 140 cm³/mol.